The lowest BCUT2D eigenvalue weighted by atomic mass is 9.96. The molecule has 23 nitrogen and oxygen atoms in total. The zero-order valence-corrected chi connectivity index (χ0v) is 33.3. The molecule has 0 radical (unpaired) electrons. The third-order valence-electron chi connectivity index (χ3n) is 8.47. The van der Waals surface area contributed by atoms with E-state index in [9.17, 15) is 43.9 Å². The summed E-state index contributed by atoms with van der Waals surface area (Å²) in [5, 5.41) is 13.5. The first-order valence-corrected chi connectivity index (χ1v) is 18.3. The molecule has 2 aliphatic rings. The van der Waals surface area contributed by atoms with E-state index in [0.717, 1.165) is 40.8 Å². The number of rotatable bonds is 20. The van der Waals surface area contributed by atoms with E-state index in [-0.39, 0.29) is 6.61 Å². The SMILES string of the molecule is CC(=O)N[C@H](C(=O)NCC(=O)N[C@H](C(=O)N[C@@H](C)C(=O)OCCN1CCOCC1)C(C)C)[C@@H](C)O[C@H]1O[C@H](COC(C)=O)[C@H](OC(C)=O)[C@H](OC(C)=O)[C@H]1N=[N+]=[N-]. The minimum atomic E-state index is -1.64. The minimum absolute atomic E-state index is 0.121. The summed E-state index contributed by atoms with van der Waals surface area (Å²) in [6, 6.07) is -5.20. The molecule has 0 bridgehead atoms. The van der Waals surface area contributed by atoms with Gasteiger partial charge in [-0.3, -0.25) is 38.5 Å². The molecule has 2 heterocycles. The van der Waals surface area contributed by atoms with Crippen LogP contribution < -0.4 is 21.3 Å². The van der Waals surface area contributed by atoms with Gasteiger partial charge in [0.15, 0.2) is 18.5 Å². The Balaban J connectivity index is 2.13. The molecule has 4 N–H and O–H groups in total. The maximum atomic E-state index is 13.4. The highest BCUT2D eigenvalue weighted by molar-refractivity contribution is 5.93. The van der Waals surface area contributed by atoms with Gasteiger partial charge in [-0.2, -0.15) is 0 Å². The second-order valence-electron chi connectivity index (χ2n) is 13.6. The van der Waals surface area contributed by atoms with Crippen LogP contribution in [0, 0.1) is 5.92 Å². The molecule has 0 aromatic carbocycles. The number of esters is 4. The van der Waals surface area contributed by atoms with Crippen molar-refractivity contribution in [3.8, 4) is 0 Å². The van der Waals surface area contributed by atoms with Crippen molar-refractivity contribution in [2.24, 2.45) is 11.0 Å². The number of carbonyl (C=O) groups excluding carboxylic acids is 8. The molecular weight excluding hydrogens is 760 g/mol. The van der Waals surface area contributed by atoms with E-state index in [1.54, 1.807) is 13.8 Å². The molecule has 57 heavy (non-hydrogen) atoms. The Morgan fingerprint density at radius 3 is 2.02 bits per heavy atom. The highest BCUT2D eigenvalue weighted by atomic mass is 16.7. The molecule has 4 amide bonds. The van der Waals surface area contributed by atoms with Gasteiger partial charge in [0.25, 0.3) is 0 Å². The van der Waals surface area contributed by atoms with Crippen molar-refractivity contribution in [2.75, 3.05) is 52.6 Å². The normalized spacial score (nSPS) is 22.9. The van der Waals surface area contributed by atoms with Gasteiger partial charge in [-0.25, -0.2) is 4.79 Å². The van der Waals surface area contributed by atoms with Gasteiger partial charge in [0.1, 0.15) is 43.5 Å². The summed E-state index contributed by atoms with van der Waals surface area (Å²) in [5.74, 6) is -6.61. The van der Waals surface area contributed by atoms with Gasteiger partial charge < -0.3 is 54.4 Å². The number of hydrogen-bond acceptors (Lipinski definition) is 17. The van der Waals surface area contributed by atoms with E-state index in [4.69, 9.17) is 33.2 Å². The number of nitrogens with zero attached hydrogens (tertiary/aromatic N) is 4. The first-order chi connectivity index (χ1) is 26.8. The third kappa shape index (κ3) is 16.5. The van der Waals surface area contributed by atoms with Crippen molar-refractivity contribution in [2.45, 2.75) is 110 Å². The summed E-state index contributed by atoms with van der Waals surface area (Å²) >= 11 is 0. The van der Waals surface area contributed by atoms with Crippen molar-refractivity contribution in [3.05, 3.63) is 10.4 Å². The Morgan fingerprint density at radius 2 is 1.46 bits per heavy atom. The van der Waals surface area contributed by atoms with E-state index in [0.29, 0.717) is 19.8 Å². The second-order valence-corrected chi connectivity index (χ2v) is 13.6. The molecule has 0 saturated carbocycles. The van der Waals surface area contributed by atoms with Crippen molar-refractivity contribution < 1.29 is 71.5 Å². The Morgan fingerprint density at radius 1 is 0.825 bits per heavy atom. The molecule has 0 aromatic heterocycles. The van der Waals surface area contributed by atoms with E-state index >= 15 is 0 Å². The molecule has 320 valence electrons. The van der Waals surface area contributed by atoms with Crippen LogP contribution in [0.15, 0.2) is 5.11 Å². The maximum absolute atomic E-state index is 13.4. The Hall–Kier alpha value is -5.09. The van der Waals surface area contributed by atoms with Gasteiger partial charge in [0.05, 0.1) is 25.9 Å². The molecular formula is C34H54N8O15. The standard InChI is InChI=1S/C34H54N8O15/c1-17(2)26(32(49)37-18(3)33(50)52-14-11-42-9-12-51-13-10-42)39-25(47)15-36-31(48)27(38-20(5)43)19(4)54-34-28(40-41-35)30(56-23(8)46)29(55-22(7)45)24(57-34)16-53-21(6)44/h17-19,24,26-30,34H,9-16H2,1-8H3,(H,36,48)(H,37,49)(H,38,43)(H,39,47)/t18-,19+,24+,26-,27-,28+,29-,30+,34-/m0/s1. The predicted octanol–water partition coefficient (Wildman–Crippen LogP) is -1.64. The molecule has 0 aromatic rings. The van der Waals surface area contributed by atoms with Gasteiger partial charge in [-0.15, -0.1) is 0 Å². The quantitative estimate of drug-likeness (QED) is 0.0352. The Labute approximate surface area is 329 Å². The summed E-state index contributed by atoms with van der Waals surface area (Å²) < 4.78 is 38.2. The number of nitrogens with one attached hydrogen (secondary N) is 4. The number of ether oxygens (including phenoxy) is 7. The Bertz CT molecular complexity index is 1490. The maximum Gasteiger partial charge on any atom is 0.328 e. The molecule has 2 rings (SSSR count). The van der Waals surface area contributed by atoms with Crippen molar-refractivity contribution in [1.82, 2.24) is 26.2 Å². The molecule has 0 spiro atoms. The van der Waals surface area contributed by atoms with E-state index in [1.807, 2.05) is 0 Å². The highest BCUT2D eigenvalue weighted by Gasteiger charge is 2.51. The fourth-order valence-electron chi connectivity index (χ4n) is 5.71. The molecule has 2 aliphatic heterocycles. The van der Waals surface area contributed by atoms with Crippen LogP contribution in [0.4, 0.5) is 0 Å². The smallest absolute Gasteiger partial charge is 0.328 e. The van der Waals surface area contributed by atoms with Gasteiger partial charge in [0, 0.05) is 52.2 Å². The average Bonchev–Trinajstić information content (AvgIpc) is 3.13. The molecule has 0 aliphatic carbocycles. The van der Waals surface area contributed by atoms with E-state index in [1.165, 1.54) is 13.8 Å². The van der Waals surface area contributed by atoms with Crippen molar-refractivity contribution in [1.29, 1.82) is 0 Å². The summed E-state index contributed by atoms with van der Waals surface area (Å²) in [4.78, 5) is 105. The average molecular weight is 815 g/mol. The monoisotopic (exact) mass is 814 g/mol. The number of amides is 4. The van der Waals surface area contributed by atoms with E-state index in [2.05, 4.69) is 36.2 Å². The zero-order valence-electron chi connectivity index (χ0n) is 33.3. The lowest BCUT2D eigenvalue weighted by Crippen LogP contribution is -2.63. The van der Waals surface area contributed by atoms with Gasteiger partial charge >= 0.3 is 23.9 Å². The zero-order chi connectivity index (χ0) is 42.8. The van der Waals surface area contributed by atoms with Crippen LogP contribution in [0.1, 0.15) is 55.4 Å². The number of morpholine rings is 1. The summed E-state index contributed by atoms with van der Waals surface area (Å²) in [5.41, 5.74) is 9.36. The van der Waals surface area contributed by atoms with Gasteiger partial charge in [-0.05, 0) is 25.3 Å². The first kappa shape index (κ1) is 48.1. The van der Waals surface area contributed by atoms with Crippen LogP contribution in [0.25, 0.3) is 10.4 Å². The van der Waals surface area contributed by atoms with Crippen molar-refractivity contribution in [3.63, 3.8) is 0 Å². The van der Waals surface area contributed by atoms with Crippen LogP contribution >= 0.6 is 0 Å². The fraction of sp³-hybridized carbons (Fsp3) is 0.765. The lowest BCUT2D eigenvalue weighted by molar-refractivity contribution is -0.283. The molecule has 9 atom stereocenters. The van der Waals surface area contributed by atoms with E-state index < -0.39 is 121 Å². The molecule has 0 unspecified atom stereocenters. The molecule has 23 heteroatoms. The largest absolute Gasteiger partial charge is 0.463 e. The number of azide groups is 1. The summed E-state index contributed by atoms with van der Waals surface area (Å²) in [7, 11) is 0. The fourth-order valence-corrected chi connectivity index (χ4v) is 5.71. The molecule has 2 fully saturated rings. The van der Waals surface area contributed by atoms with Gasteiger partial charge in [-0.1, -0.05) is 19.0 Å². The van der Waals surface area contributed by atoms with Gasteiger partial charge in [0.2, 0.25) is 23.6 Å². The van der Waals surface area contributed by atoms with Crippen LogP contribution in [-0.4, -0.2) is 160 Å². The second kappa shape index (κ2) is 23.9. The highest BCUT2D eigenvalue weighted by Crippen LogP contribution is 2.31. The third-order valence-corrected chi connectivity index (χ3v) is 8.47. The number of hydrogen-bond donors (Lipinski definition) is 4. The summed E-state index contributed by atoms with van der Waals surface area (Å²) in [6.45, 7) is 12.5. The summed E-state index contributed by atoms with van der Waals surface area (Å²) in [6.07, 6.45) is -7.26. The van der Waals surface area contributed by atoms with Crippen molar-refractivity contribution >= 4 is 47.5 Å². The minimum Gasteiger partial charge on any atom is -0.463 e. The van der Waals surface area contributed by atoms with Crippen LogP contribution in [0.3, 0.4) is 0 Å². The Kier molecular flexibility index (Phi) is 20.1. The topological polar surface area (TPSA) is 301 Å². The van der Waals surface area contributed by atoms with Crippen LogP contribution in [0.5, 0.6) is 0 Å². The van der Waals surface area contributed by atoms with Crippen LogP contribution in [0.2, 0.25) is 0 Å². The lowest BCUT2D eigenvalue weighted by Gasteiger charge is -2.44. The molecule has 2 saturated heterocycles. The first-order valence-electron chi connectivity index (χ1n) is 18.3. The predicted molar refractivity (Wildman–Crippen MR) is 193 cm³/mol. The van der Waals surface area contributed by atoms with Crippen LogP contribution in [-0.2, 0) is 71.5 Å². The number of carbonyl (C=O) groups is 8.